The number of amides is 3. The highest BCUT2D eigenvalue weighted by Crippen LogP contribution is 2.62. The van der Waals surface area contributed by atoms with E-state index in [2.05, 4.69) is 23.6 Å². The van der Waals surface area contributed by atoms with Gasteiger partial charge in [0, 0.05) is 56.8 Å². The van der Waals surface area contributed by atoms with Crippen molar-refractivity contribution >= 4 is 59.7 Å². The molecule has 0 bridgehead atoms. The number of aliphatic hydroxyl groups is 1. The fraction of sp³-hybridized carbons (Fsp3) is 0.462. The number of fused-ring (bicyclic) bond motifs is 7. The van der Waals surface area contributed by atoms with Gasteiger partial charge >= 0.3 is 0 Å². The predicted molar refractivity (Wildman–Crippen MR) is 257 cm³/mol. The van der Waals surface area contributed by atoms with Gasteiger partial charge in [0.1, 0.15) is 5.75 Å². The number of phenolic OH excluding ortho intramolecular Hbond substituents is 1. The highest BCUT2D eigenvalue weighted by Gasteiger charge is 2.56. The summed E-state index contributed by atoms with van der Waals surface area (Å²) in [6.07, 6.45) is 6.18. The normalized spacial score (nSPS) is 22.3. The number of carbonyl (C=O) groups excluding carboxylic acids is 3. The first kappa shape index (κ1) is 49.0. The highest BCUT2D eigenvalue weighted by atomic mass is 32.2. The van der Waals surface area contributed by atoms with Gasteiger partial charge in [0.2, 0.25) is 22.8 Å². The van der Waals surface area contributed by atoms with E-state index < -0.39 is 31.8 Å². The molecule has 3 amide bonds. The Morgan fingerprint density at radius 1 is 0.824 bits per heavy atom. The zero-order valence-electron chi connectivity index (χ0n) is 38.7. The second kappa shape index (κ2) is 20.3. The number of pyridine rings is 1. The summed E-state index contributed by atoms with van der Waals surface area (Å²) in [6.45, 7) is 4.28. The first-order valence-corrected chi connectivity index (χ1v) is 26.9. The third kappa shape index (κ3) is 10.3. The minimum Gasteiger partial charge on any atom is -0.748 e. The number of aromatic hydroxyl groups is 1. The van der Waals surface area contributed by atoms with E-state index >= 15 is 0 Å². The maximum absolute atomic E-state index is 14.9. The Labute approximate surface area is 398 Å². The molecule has 14 nitrogen and oxygen atoms in total. The average molecular weight is 967 g/mol. The molecule has 0 saturated heterocycles. The minimum atomic E-state index is -4.47. The van der Waals surface area contributed by atoms with Gasteiger partial charge in [-0.05, 0) is 135 Å². The molecule has 3 aliphatic carbocycles. The Morgan fingerprint density at radius 3 is 2.10 bits per heavy atom. The van der Waals surface area contributed by atoms with Crippen LogP contribution in [0.25, 0.3) is 21.8 Å². The maximum atomic E-state index is 14.9. The number of nitrogens with one attached hydrogen (secondary N) is 2. The lowest BCUT2D eigenvalue weighted by Gasteiger charge is -2.53. The molecule has 0 aliphatic heterocycles. The van der Waals surface area contributed by atoms with Crippen LogP contribution in [0, 0.1) is 30.1 Å². The smallest absolute Gasteiger partial charge is 0.269 e. The number of aromatic nitrogens is 1. The molecular weight excluding hydrogens is 905 g/mol. The van der Waals surface area contributed by atoms with Crippen molar-refractivity contribution in [1.29, 1.82) is 0 Å². The van der Waals surface area contributed by atoms with Crippen LogP contribution in [0.1, 0.15) is 104 Å². The fourth-order valence-electron chi connectivity index (χ4n) is 11.8. The number of hydrogen-bond acceptors (Lipinski definition) is 10. The number of aliphatic hydroxyl groups excluding tert-OH is 1. The van der Waals surface area contributed by atoms with Gasteiger partial charge < -0.3 is 25.4 Å². The van der Waals surface area contributed by atoms with Crippen molar-refractivity contribution in [1.82, 2.24) is 14.9 Å². The molecule has 0 unspecified atom stereocenters. The Bertz CT molecular complexity index is 2870. The number of nitrogens with zero attached hydrogens (tertiary/aromatic N) is 2. The lowest BCUT2D eigenvalue weighted by molar-refractivity contribution is -0.645. The van der Waals surface area contributed by atoms with Gasteiger partial charge in [-0.1, -0.05) is 55.0 Å². The van der Waals surface area contributed by atoms with Crippen LogP contribution in [0.4, 0.5) is 0 Å². The standard InChI is InChI=1S/C52H62N4O10S2/c1-34-17-20-38(21-18-34)68(65,66)56(51(61)50-41-11-3-5-13-44(41)55(29-9-31-67(62,63)64)45-14-6-4-12-42(45)50)30-8-16-48(60)54-28-27-53-47(59)15-7-10-35-32-36-33-37(57)19-22-39(36)40-25-26-52(2)43(49(35)40)23-24-46(52)58/h3-6,11-14,17-22,33,35,40,43,46,49,58H,7-10,15-16,23-32H2,1-2H3,(H3-,53,54,57,59,60,62,63,64)/t35-,40-,43+,46+,49-,52+/m1/s1. The molecule has 2 fully saturated rings. The van der Waals surface area contributed by atoms with Crippen molar-refractivity contribution in [2.75, 3.05) is 25.4 Å². The van der Waals surface area contributed by atoms with Crippen LogP contribution in [-0.4, -0.2) is 85.1 Å². The van der Waals surface area contributed by atoms with Crippen LogP contribution >= 0.6 is 0 Å². The first-order valence-electron chi connectivity index (χ1n) is 23.9. The van der Waals surface area contributed by atoms with E-state index in [1.807, 2.05) is 17.6 Å². The maximum Gasteiger partial charge on any atom is 0.269 e. The van der Waals surface area contributed by atoms with E-state index in [4.69, 9.17) is 0 Å². The van der Waals surface area contributed by atoms with Gasteiger partial charge in [0.15, 0.2) is 6.54 Å². The molecule has 16 heteroatoms. The number of para-hydroxylation sites is 2. The van der Waals surface area contributed by atoms with E-state index in [9.17, 15) is 46.0 Å². The molecule has 0 radical (unpaired) electrons. The second-order valence-electron chi connectivity index (χ2n) is 19.3. The lowest BCUT2D eigenvalue weighted by atomic mass is 9.52. The van der Waals surface area contributed by atoms with Crippen LogP contribution in [-0.2, 0) is 42.7 Å². The molecule has 4 aromatic carbocycles. The van der Waals surface area contributed by atoms with Crippen molar-refractivity contribution in [2.24, 2.45) is 23.2 Å². The molecule has 3 aliphatic rings. The molecule has 362 valence electrons. The van der Waals surface area contributed by atoms with Crippen molar-refractivity contribution < 1.29 is 50.6 Å². The van der Waals surface area contributed by atoms with Gasteiger partial charge in [-0.3, -0.25) is 14.4 Å². The fourth-order valence-corrected chi connectivity index (χ4v) is 13.7. The molecule has 8 rings (SSSR count). The topological polar surface area (TPSA) is 214 Å². The van der Waals surface area contributed by atoms with Gasteiger partial charge in [0.25, 0.3) is 15.9 Å². The van der Waals surface area contributed by atoms with Gasteiger partial charge in [-0.25, -0.2) is 21.1 Å². The number of carbonyl (C=O) groups is 3. The highest BCUT2D eigenvalue weighted by molar-refractivity contribution is 7.89. The number of aryl methyl sites for hydroxylation is 2. The number of sulfonamides is 1. The zero-order valence-corrected chi connectivity index (χ0v) is 40.4. The van der Waals surface area contributed by atoms with Gasteiger partial charge in [0.05, 0.1) is 37.5 Å². The Kier molecular flexibility index (Phi) is 14.6. The minimum absolute atomic E-state index is 0.00741. The van der Waals surface area contributed by atoms with Crippen LogP contribution in [0.3, 0.4) is 0 Å². The SMILES string of the molecule is Cc1ccc(S(=O)(=O)N(CCCC(=O)NCCNC(=O)CCC[C@@H]2Cc3cc(O)ccc3[C@H]3CC[C@]4(C)[C@@H](O)CC[C@H]4[C@H]23)C(=O)c2c3ccccc3[n+](CCCS(=O)(=O)[O-])c3ccccc23)cc1. The molecule has 1 heterocycles. The number of benzene rings is 4. The summed E-state index contributed by atoms with van der Waals surface area (Å²) >= 11 is 0. The van der Waals surface area contributed by atoms with Crippen molar-refractivity contribution in [3.63, 3.8) is 0 Å². The molecule has 1 aromatic heterocycles. The van der Waals surface area contributed by atoms with Crippen LogP contribution in [0.15, 0.2) is 95.9 Å². The lowest BCUT2D eigenvalue weighted by Crippen LogP contribution is -2.47. The largest absolute Gasteiger partial charge is 0.748 e. The van der Waals surface area contributed by atoms with Gasteiger partial charge in [-0.2, -0.15) is 4.57 Å². The first-order chi connectivity index (χ1) is 32.5. The summed E-state index contributed by atoms with van der Waals surface area (Å²) in [5.74, 6) is -0.0465. The molecule has 0 spiro atoms. The second-order valence-corrected chi connectivity index (χ2v) is 22.7. The molecule has 6 atom stereocenters. The molecule has 5 aromatic rings. The Morgan fingerprint density at radius 2 is 1.46 bits per heavy atom. The quantitative estimate of drug-likeness (QED) is 0.0329. The van der Waals surface area contributed by atoms with E-state index in [1.165, 1.54) is 23.3 Å². The number of hydrogen-bond donors (Lipinski definition) is 4. The number of rotatable bonds is 18. The summed E-state index contributed by atoms with van der Waals surface area (Å²) in [5.41, 5.74) is 4.46. The average Bonchev–Trinajstić information content (AvgIpc) is 3.61. The Balaban J connectivity index is 0.888. The monoisotopic (exact) mass is 966 g/mol. The zero-order chi connectivity index (χ0) is 48.4. The molecule has 68 heavy (non-hydrogen) atoms. The van der Waals surface area contributed by atoms with E-state index in [0.717, 1.165) is 48.4 Å². The van der Waals surface area contributed by atoms with E-state index in [1.54, 1.807) is 66.7 Å². The molecule has 4 N–H and O–H groups in total. The third-order valence-electron chi connectivity index (χ3n) is 15.1. The summed E-state index contributed by atoms with van der Waals surface area (Å²) in [7, 11) is -8.91. The van der Waals surface area contributed by atoms with Crippen molar-refractivity contribution in [3.8, 4) is 5.75 Å². The van der Waals surface area contributed by atoms with E-state index in [0.29, 0.717) is 58.3 Å². The van der Waals surface area contributed by atoms with Gasteiger partial charge in [-0.15, -0.1) is 0 Å². The van der Waals surface area contributed by atoms with E-state index in [-0.39, 0.29) is 85.0 Å². The molecular formula is C52H62N4O10S2. The summed E-state index contributed by atoms with van der Waals surface area (Å²) in [4.78, 5) is 41.0. The summed E-state index contributed by atoms with van der Waals surface area (Å²) in [6, 6.07) is 25.8. The predicted octanol–water partition coefficient (Wildman–Crippen LogP) is 6.39. The summed E-state index contributed by atoms with van der Waals surface area (Å²) < 4.78 is 65.8. The van der Waals surface area contributed by atoms with Crippen molar-refractivity contribution in [3.05, 3.63) is 113 Å². The summed E-state index contributed by atoms with van der Waals surface area (Å²) in [5, 5.41) is 27.9. The Hall–Kier alpha value is -5.42. The third-order valence-corrected chi connectivity index (χ3v) is 17.7. The van der Waals surface area contributed by atoms with Crippen LogP contribution in [0.5, 0.6) is 5.75 Å². The number of phenols is 1. The van der Waals surface area contributed by atoms with Crippen LogP contribution < -0.4 is 15.2 Å². The molecule has 2 saturated carbocycles. The van der Waals surface area contributed by atoms with Crippen molar-refractivity contribution in [2.45, 2.75) is 108 Å². The van der Waals surface area contributed by atoms with Crippen LogP contribution in [0.2, 0.25) is 0 Å².